The topological polar surface area (TPSA) is 87.0 Å². The van der Waals surface area contributed by atoms with Gasteiger partial charge in [-0.2, -0.15) is 0 Å². The van der Waals surface area contributed by atoms with Gasteiger partial charge in [-0.3, -0.25) is 14.2 Å². The molecule has 40 heavy (non-hydrogen) atoms. The molecule has 0 saturated carbocycles. The van der Waals surface area contributed by atoms with Gasteiger partial charge in [-0.1, -0.05) is 65.9 Å². The third-order valence-electron chi connectivity index (χ3n) is 6.22. The molecule has 0 radical (unpaired) electrons. The zero-order valence-electron chi connectivity index (χ0n) is 22.1. The first kappa shape index (κ1) is 27.4. The van der Waals surface area contributed by atoms with E-state index < -0.39 is 18.0 Å². The number of carbonyl (C=O) groups is 2. The SMILES string of the molecule is CCOC(=O)C1=C(c2ccccc2)N=c2s/c(=C\c3cccc(OC(C)=O)c3)c(=O)n2[C@H]1c1ccc(SC)cc1. The van der Waals surface area contributed by atoms with Crippen molar-refractivity contribution in [3.63, 3.8) is 0 Å². The highest BCUT2D eigenvalue weighted by molar-refractivity contribution is 7.98. The number of rotatable bonds is 7. The van der Waals surface area contributed by atoms with Crippen molar-refractivity contribution in [1.29, 1.82) is 0 Å². The minimum Gasteiger partial charge on any atom is -0.463 e. The molecule has 0 fully saturated rings. The maximum absolute atomic E-state index is 14.0. The van der Waals surface area contributed by atoms with E-state index in [0.717, 1.165) is 16.0 Å². The van der Waals surface area contributed by atoms with Crippen LogP contribution in [0, 0.1) is 0 Å². The molecule has 0 amide bonds. The van der Waals surface area contributed by atoms with Crippen LogP contribution in [0.1, 0.15) is 36.6 Å². The van der Waals surface area contributed by atoms with Gasteiger partial charge < -0.3 is 9.47 Å². The quantitative estimate of drug-likeness (QED) is 0.184. The second kappa shape index (κ2) is 11.9. The van der Waals surface area contributed by atoms with Crippen molar-refractivity contribution in [2.75, 3.05) is 12.9 Å². The van der Waals surface area contributed by atoms with Gasteiger partial charge in [-0.25, -0.2) is 9.79 Å². The second-order valence-corrected chi connectivity index (χ2v) is 10.8. The summed E-state index contributed by atoms with van der Waals surface area (Å²) in [6.07, 6.45) is 3.73. The van der Waals surface area contributed by atoms with Crippen molar-refractivity contribution < 1.29 is 19.1 Å². The van der Waals surface area contributed by atoms with Gasteiger partial charge in [-0.05, 0) is 54.6 Å². The Labute approximate surface area is 239 Å². The third kappa shape index (κ3) is 5.57. The molecule has 0 bridgehead atoms. The van der Waals surface area contributed by atoms with Gasteiger partial charge in [-0.15, -0.1) is 11.8 Å². The monoisotopic (exact) mass is 570 g/mol. The fourth-order valence-corrected chi connectivity index (χ4v) is 5.94. The van der Waals surface area contributed by atoms with Gasteiger partial charge in [0.25, 0.3) is 5.56 Å². The molecule has 0 spiro atoms. The van der Waals surface area contributed by atoms with E-state index in [1.807, 2.05) is 66.9 Å². The third-order valence-corrected chi connectivity index (χ3v) is 7.95. The Morgan fingerprint density at radius 3 is 2.48 bits per heavy atom. The molecule has 1 aliphatic heterocycles. The number of carbonyl (C=O) groups excluding carboxylic acids is 2. The maximum Gasteiger partial charge on any atom is 0.338 e. The highest BCUT2D eigenvalue weighted by Gasteiger charge is 2.35. The lowest BCUT2D eigenvalue weighted by Crippen LogP contribution is -2.40. The van der Waals surface area contributed by atoms with E-state index in [2.05, 4.69) is 0 Å². The van der Waals surface area contributed by atoms with Gasteiger partial charge in [0.1, 0.15) is 5.75 Å². The molecular formula is C31H26N2O5S2. The summed E-state index contributed by atoms with van der Waals surface area (Å²) in [6.45, 7) is 3.27. The molecule has 9 heteroatoms. The van der Waals surface area contributed by atoms with Crippen LogP contribution >= 0.6 is 23.1 Å². The standard InChI is InChI=1S/C31H26N2O5S2/c1-4-37-30(36)26-27(21-10-6-5-7-11-21)32-31-33(28(26)22-13-15-24(39-3)16-14-22)29(35)25(40-31)18-20-9-8-12-23(17-20)38-19(2)34/h5-18,28H,4H2,1-3H3/b25-18-/t28-/m0/s1. The van der Waals surface area contributed by atoms with E-state index >= 15 is 0 Å². The average molecular weight is 571 g/mol. The molecule has 0 unspecified atom stereocenters. The highest BCUT2D eigenvalue weighted by atomic mass is 32.2. The van der Waals surface area contributed by atoms with E-state index in [4.69, 9.17) is 14.5 Å². The molecule has 1 aliphatic rings. The van der Waals surface area contributed by atoms with Gasteiger partial charge >= 0.3 is 11.9 Å². The number of esters is 2. The van der Waals surface area contributed by atoms with Gasteiger partial charge in [0, 0.05) is 17.4 Å². The number of thioether (sulfide) groups is 1. The Morgan fingerprint density at radius 1 is 1.05 bits per heavy atom. The number of nitrogens with zero attached hydrogens (tertiary/aromatic N) is 2. The summed E-state index contributed by atoms with van der Waals surface area (Å²) < 4.78 is 12.7. The van der Waals surface area contributed by atoms with Crippen LogP contribution in [-0.2, 0) is 14.3 Å². The van der Waals surface area contributed by atoms with Crippen molar-refractivity contribution in [1.82, 2.24) is 4.57 Å². The smallest absolute Gasteiger partial charge is 0.338 e. The predicted molar refractivity (Wildman–Crippen MR) is 157 cm³/mol. The van der Waals surface area contributed by atoms with E-state index in [-0.39, 0.29) is 12.2 Å². The summed E-state index contributed by atoms with van der Waals surface area (Å²) >= 11 is 2.85. The molecular weight excluding hydrogens is 544 g/mol. The highest BCUT2D eigenvalue weighted by Crippen LogP contribution is 2.35. The van der Waals surface area contributed by atoms with Gasteiger partial charge in [0.2, 0.25) is 0 Å². The molecule has 0 aliphatic carbocycles. The van der Waals surface area contributed by atoms with Crippen LogP contribution in [0.5, 0.6) is 5.75 Å². The first-order valence-electron chi connectivity index (χ1n) is 12.6. The van der Waals surface area contributed by atoms with E-state index in [1.165, 1.54) is 18.3 Å². The first-order chi connectivity index (χ1) is 19.4. The molecule has 5 rings (SSSR count). The zero-order chi connectivity index (χ0) is 28.2. The minimum absolute atomic E-state index is 0.186. The molecule has 7 nitrogen and oxygen atoms in total. The van der Waals surface area contributed by atoms with E-state index in [1.54, 1.807) is 47.5 Å². The summed E-state index contributed by atoms with van der Waals surface area (Å²) in [5.74, 6) is -0.562. The Balaban J connectivity index is 1.77. The predicted octanol–water partition coefficient (Wildman–Crippen LogP) is 4.58. The van der Waals surface area contributed by atoms with E-state index in [0.29, 0.717) is 31.9 Å². The molecule has 2 heterocycles. The van der Waals surface area contributed by atoms with Crippen LogP contribution < -0.4 is 19.6 Å². The van der Waals surface area contributed by atoms with Crippen LogP contribution in [0.25, 0.3) is 11.8 Å². The fourth-order valence-electron chi connectivity index (χ4n) is 4.53. The maximum atomic E-state index is 14.0. The summed E-state index contributed by atoms with van der Waals surface area (Å²) in [5, 5.41) is 0. The Bertz CT molecular complexity index is 1790. The van der Waals surface area contributed by atoms with E-state index in [9.17, 15) is 14.4 Å². The van der Waals surface area contributed by atoms with Gasteiger partial charge in [0.15, 0.2) is 4.80 Å². The molecule has 4 aromatic rings. The average Bonchev–Trinajstić information content (AvgIpc) is 3.27. The van der Waals surface area contributed by atoms with Crippen LogP contribution in [0.4, 0.5) is 0 Å². The Morgan fingerprint density at radius 2 is 1.80 bits per heavy atom. The fraction of sp³-hybridized carbons (Fsp3) is 0.161. The number of hydrogen-bond donors (Lipinski definition) is 0. The van der Waals surface area contributed by atoms with Crippen LogP contribution in [0.2, 0.25) is 0 Å². The molecule has 1 aromatic heterocycles. The zero-order valence-corrected chi connectivity index (χ0v) is 23.8. The summed E-state index contributed by atoms with van der Waals surface area (Å²) in [7, 11) is 0. The van der Waals surface area contributed by atoms with Crippen molar-refractivity contribution in [2.45, 2.75) is 24.8 Å². The number of thiazole rings is 1. The number of hydrogen-bond acceptors (Lipinski definition) is 8. The van der Waals surface area contributed by atoms with Gasteiger partial charge in [0.05, 0.1) is 28.5 Å². The number of ether oxygens (including phenoxy) is 2. The Kier molecular flexibility index (Phi) is 8.14. The minimum atomic E-state index is -0.740. The molecule has 1 atom stereocenters. The Hall–Kier alpha value is -4.21. The summed E-state index contributed by atoms with van der Waals surface area (Å²) in [4.78, 5) is 45.3. The lowest BCUT2D eigenvalue weighted by atomic mass is 9.93. The number of fused-ring (bicyclic) bond motifs is 1. The second-order valence-electron chi connectivity index (χ2n) is 8.87. The summed E-state index contributed by atoms with van der Waals surface area (Å²) in [5.41, 5.74) is 2.72. The summed E-state index contributed by atoms with van der Waals surface area (Å²) in [6, 6.07) is 23.5. The van der Waals surface area contributed by atoms with Crippen molar-refractivity contribution in [3.05, 3.63) is 121 Å². The van der Waals surface area contributed by atoms with Crippen molar-refractivity contribution in [3.8, 4) is 5.75 Å². The lowest BCUT2D eigenvalue weighted by molar-refractivity contribution is -0.139. The first-order valence-corrected chi connectivity index (χ1v) is 14.6. The lowest BCUT2D eigenvalue weighted by Gasteiger charge is -2.26. The number of aromatic nitrogens is 1. The van der Waals surface area contributed by atoms with Crippen LogP contribution in [-0.4, -0.2) is 29.4 Å². The van der Waals surface area contributed by atoms with Crippen molar-refractivity contribution in [2.24, 2.45) is 4.99 Å². The van der Waals surface area contributed by atoms with Crippen LogP contribution in [0.3, 0.4) is 0 Å². The largest absolute Gasteiger partial charge is 0.463 e. The normalized spacial score (nSPS) is 14.9. The van der Waals surface area contributed by atoms with Crippen molar-refractivity contribution >= 4 is 46.8 Å². The molecule has 0 N–H and O–H groups in total. The molecule has 202 valence electrons. The molecule has 3 aromatic carbocycles. The van der Waals surface area contributed by atoms with Crippen LogP contribution in [0.15, 0.2) is 99.1 Å². The number of benzene rings is 3. The molecule has 0 saturated heterocycles.